The van der Waals surface area contributed by atoms with Crippen molar-refractivity contribution in [1.82, 2.24) is 10.2 Å². The molecule has 17 heavy (non-hydrogen) atoms. The van der Waals surface area contributed by atoms with Gasteiger partial charge in [0, 0.05) is 12.6 Å². The lowest BCUT2D eigenvalue weighted by Crippen LogP contribution is -2.46. The van der Waals surface area contributed by atoms with Crippen molar-refractivity contribution in [2.75, 3.05) is 33.8 Å². The Morgan fingerprint density at radius 1 is 1.35 bits per heavy atom. The number of nitrogens with one attached hydrogen (secondary N) is 1. The lowest BCUT2D eigenvalue weighted by Gasteiger charge is -2.42. The van der Waals surface area contributed by atoms with E-state index in [-0.39, 0.29) is 5.60 Å². The summed E-state index contributed by atoms with van der Waals surface area (Å²) in [5, 5.41) is 3.22. The minimum atomic E-state index is 0.264. The average molecular weight is 240 g/mol. The summed E-state index contributed by atoms with van der Waals surface area (Å²) in [5.41, 5.74) is 0.264. The Labute approximate surface area is 106 Å². The molecule has 1 atom stereocenters. The van der Waals surface area contributed by atoms with E-state index in [0.29, 0.717) is 0 Å². The molecule has 3 heteroatoms. The first kappa shape index (κ1) is 13.3. The first-order valence-electron chi connectivity index (χ1n) is 7.25. The van der Waals surface area contributed by atoms with Gasteiger partial charge in [-0.25, -0.2) is 0 Å². The van der Waals surface area contributed by atoms with Crippen molar-refractivity contribution in [3.8, 4) is 0 Å². The van der Waals surface area contributed by atoms with Crippen molar-refractivity contribution < 1.29 is 4.74 Å². The number of ether oxygens (including phenoxy) is 1. The maximum Gasteiger partial charge on any atom is 0.0697 e. The van der Waals surface area contributed by atoms with Crippen LogP contribution < -0.4 is 5.32 Å². The molecule has 1 unspecified atom stereocenters. The van der Waals surface area contributed by atoms with Crippen LogP contribution in [0.4, 0.5) is 0 Å². The fraction of sp³-hybridized carbons (Fsp3) is 1.00. The minimum absolute atomic E-state index is 0.264. The van der Waals surface area contributed by atoms with E-state index in [0.717, 1.165) is 19.2 Å². The summed E-state index contributed by atoms with van der Waals surface area (Å²) >= 11 is 0. The lowest BCUT2D eigenvalue weighted by molar-refractivity contribution is -0.0987. The van der Waals surface area contributed by atoms with Crippen molar-refractivity contribution in [2.24, 2.45) is 0 Å². The number of hydrogen-bond donors (Lipinski definition) is 1. The summed E-state index contributed by atoms with van der Waals surface area (Å²) in [6.07, 6.45) is 9.08. The molecule has 1 heterocycles. The van der Waals surface area contributed by atoms with Crippen molar-refractivity contribution in [3.63, 3.8) is 0 Å². The summed E-state index contributed by atoms with van der Waals surface area (Å²) < 4.78 is 6.09. The van der Waals surface area contributed by atoms with Crippen LogP contribution in [-0.2, 0) is 4.74 Å². The zero-order valence-corrected chi connectivity index (χ0v) is 11.5. The third kappa shape index (κ3) is 3.43. The molecule has 2 rings (SSSR count). The molecule has 0 radical (unpaired) electrons. The van der Waals surface area contributed by atoms with Crippen LogP contribution in [-0.4, -0.2) is 50.3 Å². The largest absolute Gasteiger partial charge is 0.375 e. The second kappa shape index (κ2) is 6.17. The molecule has 1 spiro atoms. The average Bonchev–Trinajstić information content (AvgIpc) is 2.77. The van der Waals surface area contributed by atoms with Gasteiger partial charge in [-0.15, -0.1) is 0 Å². The first-order valence-corrected chi connectivity index (χ1v) is 7.25. The van der Waals surface area contributed by atoms with Crippen LogP contribution in [0, 0.1) is 0 Å². The van der Waals surface area contributed by atoms with Gasteiger partial charge in [0.1, 0.15) is 0 Å². The molecular weight excluding hydrogens is 212 g/mol. The quantitative estimate of drug-likeness (QED) is 0.744. The van der Waals surface area contributed by atoms with Gasteiger partial charge in [-0.2, -0.15) is 0 Å². The highest BCUT2D eigenvalue weighted by Gasteiger charge is 2.40. The van der Waals surface area contributed by atoms with E-state index in [1.54, 1.807) is 0 Å². The van der Waals surface area contributed by atoms with Crippen LogP contribution in [0.1, 0.15) is 44.9 Å². The lowest BCUT2D eigenvalue weighted by atomic mass is 9.88. The number of rotatable bonds is 5. The van der Waals surface area contributed by atoms with Gasteiger partial charge >= 0.3 is 0 Å². The van der Waals surface area contributed by atoms with E-state index in [1.165, 1.54) is 51.5 Å². The Morgan fingerprint density at radius 2 is 2.12 bits per heavy atom. The monoisotopic (exact) mass is 240 g/mol. The Morgan fingerprint density at radius 3 is 2.82 bits per heavy atom. The predicted octanol–water partition coefficient (Wildman–Crippen LogP) is 2.02. The molecule has 3 nitrogen and oxygen atoms in total. The molecule has 0 aromatic carbocycles. The molecule has 0 bridgehead atoms. The molecule has 1 aliphatic carbocycles. The van der Waals surface area contributed by atoms with Crippen molar-refractivity contribution in [3.05, 3.63) is 0 Å². The smallest absolute Gasteiger partial charge is 0.0697 e. The van der Waals surface area contributed by atoms with E-state index in [9.17, 15) is 0 Å². The summed E-state index contributed by atoms with van der Waals surface area (Å²) in [4.78, 5) is 2.56. The van der Waals surface area contributed by atoms with Gasteiger partial charge < -0.3 is 15.0 Å². The third-order valence-corrected chi connectivity index (χ3v) is 4.54. The zero-order valence-electron chi connectivity index (χ0n) is 11.5. The molecule has 0 aromatic rings. The molecule has 1 N–H and O–H groups in total. The summed E-state index contributed by atoms with van der Waals surface area (Å²) in [7, 11) is 4.32. The molecule has 0 aromatic heterocycles. The van der Waals surface area contributed by atoms with Crippen LogP contribution in [0.3, 0.4) is 0 Å². The fourth-order valence-corrected chi connectivity index (χ4v) is 3.43. The third-order valence-electron chi connectivity index (χ3n) is 4.54. The molecule has 2 aliphatic rings. The van der Waals surface area contributed by atoms with Gasteiger partial charge in [0.05, 0.1) is 5.60 Å². The van der Waals surface area contributed by atoms with Gasteiger partial charge in [0.15, 0.2) is 0 Å². The van der Waals surface area contributed by atoms with E-state index in [1.807, 2.05) is 7.05 Å². The first-order chi connectivity index (χ1) is 8.26. The predicted molar refractivity (Wildman–Crippen MR) is 71.3 cm³/mol. The molecular formula is C14H28N2O. The van der Waals surface area contributed by atoms with E-state index < -0.39 is 0 Å². The minimum Gasteiger partial charge on any atom is -0.375 e. The summed E-state index contributed by atoms with van der Waals surface area (Å²) in [6.45, 7) is 3.31. The van der Waals surface area contributed by atoms with Crippen LogP contribution in [0.5, 0.6) is 0 Å². The normalized spacial score (nSPS) is 28.1. The number of nitrogens with zero attached hydrogens (tertiary/aromatic N) is 1. The molecule has 1 aliphatic heterocycles. The Balaban J connectivity index is 1.79. The standard InChI is InChI=1S/C14H28N2O/c1-15-9-5-10-16(2)13-6-11-17-14(12-13)7-3-4-8-14/h13,15H,3-12H2,1-2H3. The van der Waals surface area contributed by atoms with Crippen LogP contribution >= 0.6 is 0 Å². The van der Waals surface area contributed by atoms with Crippen molar-refractivity contribution in [1.29, 1.82) is 0 Å². The van der Waals surface area contributed by atoms with Crippen LogP contribution in [0.15, 0.2) is 0 Å². The highest BCUT2D eigenvalue weighted by molar-refractivity contribution is 4.93. The van der Waals surface area contributed by atoms with Crippen molar-refractivity contribution >= 4 is 0 Å². The summed E-state index contributed by atoms with van der Waals surface area (Å²) in [5.74, 6) is 0. The maximum absolute atomic E-state index is 6.09. The Bertz CT molecular complexity index is 226. The Kier molecular flexibility index (Phi) is 4.83. The van der Waals surface area contributed by atoms with Crippen LogP contribution in [0.2, 0.25) is 0 Å². The van der Waals surface area contributed by atoms with Crippen LogP contribution in [0.25, 0.3) is 0 Å². The van der Waals surface area contributed by atoms with E-state index in [2.05, 4.69) is 17.3 Å². The zero-order chi connectivity index (χ0) is 12.1. The molecule has 1 saturated heterocycles. The molecule has 100 valence electrons. The van der Waals surface area contributed by atoms with Gasteiger partial charge in [-0.1, -0.05) is 12.8 Å². The van der Waals surface area contributed by atoms with Gasteiger partial charge in [-0.05, 0) is 59.3 Å². The molecule has 0 amide bonds. The molecule has 1 saturated carbocycles. The second-order valence-corrected chi connectivity index (χ2v) is 5.82. The van der Waals surface area contributed by atoms with E-state index >= 15 is 0 Å². The Hall–Kier alpha value is -0.120. The summed E-state index contributed by atoms with van der Waals surface area (Å²) in [6, 6.07) is 0.749. The van der Waals surface area contributed by atoms with Gasteiger partial charge in [-0.3, -0.25) is 0 Å². The topological polar surface area (TPSA) is 24.5 Å². The molecule has 2 fully saturated rings. The van der Waals surface area contributed by atoms with Gasteiger partial charge in [0.2, 0.25) is 0 Å². The number of hydrogen-bond acceptors (Lipinski definition) is 3. The second-order valence-electron chi connectivity index (χ2n) is 5.82. The fourth-order valence-electron chi connectivity index (χ4n) is 3.43. The highest BCUT2D eigenvalue weighted by Crippen LogP contribution is 2.40. The SMILES string of the molecule is CNCCCN(C)C1CCOC2(CCCC2)C1. The highest BCUT2D eigenvalue weighted by atomic mass is 16.5. The maximum atomic E-state index is 6.09. The van der Waals surface area contributed by atoms with E-state index in [4.69, 9.17) is 4.74 Å². The van der Waals surface area contributed by atoms with Crippen molar-refractivity contribution in [2.45, 2.75) is 56.6 Å². The van der Waals surface area contributed by atoms with Gasteiger partial charge in [0.25, 0.3) is 0 Å².